The smallest absolute Gasteiger partial charge is 0.259 e. The first-order chi connectivity index (χ1) is 9.65. The molecule has 0 aliphatic rings. The van der Waals surface area contributed by atoms with Crippen LogP contribution in [0.15, 0.2) is 36.5 Å². The van der Waals surface area contributed by atoms with Gasteiger partial charge < -0.3 is 5.32 Å². The molecule has 0 spiro atoms. The molecule has 0 aliphatic carbocycles. The number of hydrogen-bond donors (Lipinski definition) is 1. The summed E-state index contributed by atoms with van der Waals surface area (Å²) >= 11 is 0. The lowest BCUT2D eigenvalue weighted by Crippen LogP contribution is -2.27. The predicted octanol–water partition coefficient (Wildman–Crippen LogP) is 2.36. The summed E-state index contributed by atoms with van der Waals surface area (Å²) in [6.45, 7) is 2.01. The Labute approximate surface area is 118 Å². The van der Waals surface area contributed by atoms with Crippen LogP contribution in [-0.2, 0) is 6.42 Å². The molecular weight excluding hydrogens is 252 g/mol. The highest BCUT2D eigenvalue weighted by atomic mass is 16.2. The molecule has 2 heterocycles. The SMILES string of the molecule is CCc1cc(C(=O)N(C)c2ccccn2)cc(NC)n1. The molecule has 0 unspecified atom stereocenters. The van der Waals surface area contributed by atoms with Crippen molar-refractivity contribution in [3.05, 3.63) is 47.8 Å². The van der Waals surface area contributed by atoms with Crippen LogP contribution in [0, 0.1) is 0 Å². The molecule has 0 aromatic carbocycles. The van der Waals surface area contributed by atoms with Gasteiger partial charge in [-0.3, -0.25) is 9.69 Å². The van der Waals surface area contributed by atoms with E-state index in [1.807, 2.05) is 25.1 Å². The van der Waals surface area contributed by atoms with Crippen molar-refractivity contribution in [3.63, 3.8) is 0 Å². The topological polar surface area (TPSA) is 58.1 Å². The summed E-state index contributed by atoms with van der Waals surface area (Å²) in [6.07, 6.45) is 2.45. The molecule has 0 aliphatic heterocycles. The molecule has 2 aromatic heterocycles. The predicted molar refractivity (Wildman–Crippen MR) is 80.1 cm³/mol. The number of carbonyl (C=O) groups is 1. The fourth-order valence-corrected chi connectivity index (χ4v) is 1.87. The van der Waals surface area contributed by atoms with Crippen molar-refractivity contribution in [3.8, 4) is 0 Å². The van der Waals surface area contributed by atoms with Crippen molar-refractivity contribution in [2.45, 2.75) is 13.3 Å². The second-order valence-corrected chi connectivity index (χ2v) is 4.39. The number of nitrogens with zero attached hydrogens (tertiary/aromatic N) is 3. The number of nitrogens with one attached hydrogen (secondary N) is 1. The van der Waals surface area contributed by atoms with Gasteiger partial charge in [0.2, 0.25) is 0 Å². The van der Waals surface area contributed by atoms with Crippen molar-refractivity contribution in [1.82, 2.24) is 9.97 Å². The number of pyridine rings is 2. The van der Waals surface area contributed by atoms with Gasteiger partial charge >= 0.3 is 0 Å². The second kappa shape index (κ2) is 6.14. The van der Waals surface area contributed by atoms with Gasteiger partial charge in [0, 0.05) is 31.5 Å². The highest BCUT2D eigenvalue weighted by Crippen LogP contribution is 2.16. The monoisotopic (exact) mass is 270 g/mol. The number of aryl methyl sites for hydroxylation is 1. The maximum Gasteiger partial charge on any atom is 0.259 e. The molecular formula is C15H18N4O. The van der Waals surface area contributed by atoms with Gasteiger partial charge in [-0.05, 0) is 30.7 Å². The van der Waals surface area contributed by atoms with Crippen LogP contribution in [-0.4, -0.2) is 30.0 Å². The Bertz CT molecular complexity index is 576. The normalized spacial score (nSPS) is 10.2. The Kier molecular flexibility index (Phi) is 4.30. The second-order valence-electron chi connectivity index (χ2n) is 4.39. The summed E-state index contributed by atoms with van der Waals surface area (Å²) in [5.41, 5.74) is 1.49. The molecule has 5 nitrogen and oxygen atoms in total. The van der Waals surface area contributed by atoms with Gasteiger partial charge in [-0.2, -0.15) is 0 Å². The highest BCUT2D eigenvalue weighted by molar-refractivity contribution is 6.05. The Morgan fingerprint density at radius 3 is 2.75 bits per heavy atom. The Balaban J connectivity index is 2.33. The van der Waals surface area contributed by atoms with Crippen LogP contribution in [0.2, 0.25) is 0 Å². The summed E-state index contributed by atoms with van der Waals surface area (Å²) in [7, 11) is 3.51. The van der Waals surface area contributed by atoms with Crippen molar-refractivity contribution in [2.24, 2.45) is 0 Å². The standard InChI is InChI=1S/C15H18N4O/c1-4-12-9-11(10-13(16-2)18-12)15(20)19(3)14-7-5-6-8-17-14/h5-10H,4H2,1-3H3,(H,16,18). The molecule has 0 atom stereocenters. The van der Waals surface area contributed by atoms with Crippen LogP contribution in [0.1, 0.15) is 23.0 Å². The molecule has 1 N–H and O–H groups in total. The van der Waals surface area contributed by atoms with Gasteiger partial charge in [-0.1, -0.05) is 13.0 Å². The average Bonchev–Trinajstić information content (AvgIpc) is 2.53. The molecule has 0 saturated heterocycles. The molecule has 104 valence electrons. The van der Waals surface area contributed by atoms with E-state index in [1.54, 1.807) is 32.4 Å². The molecule has 1 amide bonds. The molecule has 2 aromatic rings. The number of anilines is 2. The quantitative estimate of drug-likeness (QED) is 0.926. The van der Waals surface area contributed by atoms with E-state index in [4.69, 9.17) is 0 Å². The number of amides is 1. The van der Waals surface area contributed by atoms with E-state index in [-0.39, 0.29) is 5.91 Å². The Morgan fingerprint density at radius 1 is 1.35 bits per heavy atom. The third kappa shape index (κ3) is 2.93. The number of carbonyl (C=O) groups excluding carboxylic acids is 1. The fourth-order valence-electron chi connectivity index (χ4n) is 1.87. The largest absolute Gasteiger partial charge is 0.373 e. The van der Waals surface area contributed by atoms with Crippen LogP contribution in [0.25, 0.3) is 0 Å². The maximum atomic E-state index is 12.5. The summed E-state index contributed by atoms with van der Waals surface area (Å²) in [6, 6.07) is 9.06. The summed E-state index contributed by atoms with van der Waals surface area (Å²) in [5.74, 6) is 1.22. The van der Waals surface area contributed by atoms with E-state index >= 15 is 0 Å². The molecule has 0 fully saturated rings. The minimum atomic E-state index is -0.0997. The third-order valence-electron chi connectivity index (χ3n) is 3.04. The minimum absolute atomic E-state index is 0.0997. The van der Waals surface area contributed by atoms with Gasteiger partial charge in [0.25, 0.3) is 5.91 Å². The zero-order chi connectivity index (χ0) is 14.5. The maximum absolute atomic E-state index is 12.5. The van der Waals surface area contributed by atoms with Crippen LogP contribution in [0.4, 0.5) is 11.6 Å². The van der Waals surface area contributed by atoms with Gasteiger partial charge in [0.05, 0.1) is 0 Å². The lowest BCUT2D eigenvalue weighted by atomic mass is 10.1. The van der Waals surface area contributed by atoms with Crippen LogP contribution >= 0.6 is 0 Å². The fraction of sp³-hybridized carbons (Fsp3) is 0.267. The van der Waals surface area contributed by atoms with E-state index in [0.717, 1.165) is 12.1 Å². The molecule has 0 bridgehead atoms. The molecule has 0 radical (unpaired) electrons. The minimum Gasteiger partial charge on any atom is -0.373 e. The van der Waals surface area contributed by atoms with E-state index in [1.165, 1.54) is 4.90 Å². The van der Waals surface area contributed by atoms with Crippen molar-refractivity contribution >= 4 is 17.5 Å². The first kappa shape index (κ1) is 14.0. The van der Waals surface area contributed by atoms with Crippen molar-refractivity contribution in [1.29, 1.82) is 0 Å². The van der Waals surface area contributed by atoms with E-state index in [0.29, 0.717) is 17.2 Å². The van der Waals surface area contributed by atoms with Gasteiger partial charge in [-0.25, -0.2) is 9.97 Å². The van der Waals surface area contributed by atoms with Crippen molar-refractivity contribution in [2.75, 3.05) is 24.3 Å². The van der Waals surface area contributed by atoms with Crippen LogP contribution in [0.3, 0.4) is 0 Å². The van der Waals surface area contributed by atoms with Crippen LogP contribution < -0.4 is 10.2 Å². The summed E-state index contributed by atoms with van der Waals surface area (Å²) < 4.78 is 0. The van der Waals surface area contributed by atoms with Gasteiger partial charge in [0.1, 0.15) is 11.6 Å². The summed E-state index contributed by atoms with van der Waals surface area (Å²) in [4.78, 5) is 22.6. The molecule has 5 heteroatoms. The lowest BCUT2D eigenvalue weighted by Gasteiger charge is -2.17. The zero-order valence-electron chi connectivity index (χ0n) is 11.9. The average molecular weight is 270 g/mol. The van der Waals surface area contributed by atoms with Gasteiger partial charge in [0.15, 0.2) is 0 Å². The first-order valence-corrected chi connectivity index (χ1v) is 6.53. The first-order valence-electron chi connectivity index (χ1n) is 6.53. The number of aromatic nitrogens is 2. The third-order valence-corrected chi connectivity index (χ3v) is 3.04. The van der Waals surface area contributed by atoms with Crippen LogP contribution in [0.5, 0.6) is 0 Å². The molecule has 2 rings (SSSR count). The highest BCUT2D eigenvalue weighted by Gasteiger charge is 2.16. The van der Waals surface area contributed by atoms with Gasteiger partial charge in [-0.15, -0.1) is 0 Å². The van der Waals surface area contributed by atoms with E-state index < -0.39 is 0 Å². The lowest BCUT2D eigenvalue weighted by molar-refractivity contribution is 0.0992. The number of rotatable bonds is 4. The Morgan fingerprint density at radius 2 is 2.15 bits per heavy atom. The van der Waals surface area contributed by atoms with E-state index in [9.17, 15) is 4.79 Å². The summed E-state index contributed by atoms with van der Waals surface area (Å²) in [5, 5.41) is 2.98. The molecule has 20 heavy (non-hydrogen) atoms. The molecule has 0 saturated carbocycles. The Hall–Kier alpha value is -2.43. The number of hydrogen-bond acceptors (Lipinski definition) is 4. The van der Waals surface area contributed by atoms with Crippen molar-refractivity contribution < 1.29 is 4.79 Å². The van der Waals surface area contributed by atoms with E-state index in [2.05, 4.69) is 15.3 Å². The zero-order valence-corrected chi connectivity index (χ0v) is 11.9.